The minimum absolute atomic E-state index is 0.143. The second-order valence-electron chi connectivity index (χ2n) is 4.14. The molecule has 2 amide bonds. The summed E-state index contributed by atoms with van der Waals surface area (Å²) in [4.78, 5) is 39.1. The summed E-state index contributed by atoms with van der Waals surface area (Å²) in [6, 6.07) is 3.95. The fraction of sp³-hybridized carbons (Fsp3) is 0.417. The fourth-order valence-electron chi connectivity index (χ4n) is 2.09. The van der Waals surface area contributed by atoms with Gasteiger partial charge in [0.15, 0.2) is 0 Å². The molecule has 0 aromatic carbocycles. The molecule has 0 spiro atoms. The fourth-order valence-corrected chi connectivity index (χ4v) is 2.09. The van der Waals surface area contributed by atoms with Gasteiger partial charge in [-0.3, -0.25) is 14.4 Å². The van der Waals surface area contributed by atoms with E-state index in [4.69, 9.17) is 0 Å². The first kappa shape index (κ1) is 12.3. The van der Waals surface area contributed by atoms with Gasteiger partial charge in [-0.1, -0.05) is 13.0 Å². The summed E-state index contributed by atoms with van der Waals surface area (Å²) < 4.78 is 0. The normalized spacial score (nSPS) is 19.5. The number of aromatic amines is 1. The van der Waals surface area contributed by atoms with Gasteiger partial charge in [-0.15, -0.1) is 0 Å². The summed E-state index contributed by atoms with van der Waals surface area (Å²) in [5.41, 5.74) is -0.106. The van der Waals surface area contributed by atoms with Crippen molar-refractivity contribution in [2.24, 2.45) is 0 Å². The molecule has 1 aromatic rings. The number of nitrogens with zero attached hydrogens (tertiary/aromatic N) is 1. The molecular formula is C12H15N3O3. The van der Waals surface area contributed by atoms with Crippen molar-refractivity contribution >= 4 is 11.8 Å². The van der Waals surface area contributed by atoms with Gasteiger partial charge in [0.05, 0.1) is 0 Å². The molecular weight excluding hydrogens is 234 g/mol. The van der Waals surface area contributed by atoms with Crippen molar-refractivity contribution in [3.63, 3.8) is 0 Å². The van der Waals surface area contributed by atoms with E-state index in [9.17, 15) is 14.4 Å². The van der Waals surface area contributed by atoms with Gasteiger partial charge in [-0.25, -0.2) is 0 Å². The second-order valence-corrected chi connectivity index (χ2v) is 4.14. The molecule has 1 unspecified atom stereocenters. The number of carbonyl (C=O) groups excluding carboxylic acids is 2. The van der Waals surface area contributed by atoms with Crippen LogP contribution in [0, 0.1) is 0 Å². The molecule has 0 saturated carbocycles. The minimum atomic E-state index is -0.463. The first-order valence-corrected chi connectivity index (χ1v) is 5.91. The lowest BCUT2D eigenvalue weighted by Gasteiger charge is -2.34. The summed E-state index contributed by atoms with van der Waals surface area (Å²) in [5.74, 6) is -0.454. The highest BCUT2D eigenvalue weighted by Crippen LogP contribution is 2.11. The summed E-state index contributed by atoms with van der Waals surface area (Å²) in [6.07, 6.45) is 0.550. The van der Waals surface area contributed by atoms with Crippen LogP contribution in [0.1, 0.15) is 23.8 Å². The molecule has 1 aliphatic rings. The summed E-state index contributed by atoms with van der Waals surface area (Å²) >= 11 is 0. The third-order valence-corrected chi connectivity index (χ3v) is 2.98. The molecule has 2 N–H and O–H groups in total. The molecule has 6 heteroatoms. The van der Waals surface area contributed by atoms with Crippen molar-refractivity contribution in [3.05, 3.63) is 34.2 Å². The van der Waals surface area contributed by atoms with Gasteiger partial charge in [-0.2, -0.15) is 0 Å². The molecule has 1 saturated heterocycles. The zero-order valence-electron chi connectivity index (χ0n) is 10.1. The van der Waals surface area contributed by atoms with Crippen LogP contribution >= 0.6 is 0 Å². The Kier molecular flexibility index (Phi) is 3.45. The summed E-state index contributed by atoms with van der Waals surface area (Å²) in [5, 5.41) is 2.73. The van der Waals surface area contributed by atoms with E-state index in [2.05, 4.69) is 10.3 Å². The molecule has 1 atom stereocenters. The number of H-pyrrole nitrogens is 1. The number of amides is 2. The van der Waals surface area contributed by atoms with Crippen molar-refractivity contribution in [2.45, 2.75) is 19.4 Å². The Morgan fingerprint density at radius 1 is 1.44 bits per heavy atom. The van der Waals surface area contributed by atoms with Gasteiger partial charge < -0.3 is 15.2 Å². The van der Waals surface area contributed by atoms with Gasteiger partial charge in [0.2, 0.25) is 11.5 Å². The third kappa shape index (κ3) is 2.27. The van der Waals surface area contributed by atoms with Crippen LogP contribution in [0.15, 0.2) is 23.0 Å². The van der Waals surface area contributed by atoms with Crippen molar-refractivity contribution < 1.29 is 9.59 Å². The van der Waals surface area contributed by atoms with Crippen LogP contribution in [0.2, 0.25) is 0 Å². The van der Waals surface area contributed by atoms with Gasteiger partial charge in [0, 0.05) is 19.2 Å². The van der Waals surface area contributed by atoms with Crippen LogP contribution in [0.25, 0.3) is 0 Å². The Labute approximate surface area is 104 Å². The second kappa shape index (κ2) is 5.03. The Balaban J connectivity index is 2.27. The summed E-state index contributed by atoms with van der Waals surface area (Å²) in [6.45, 7) is 2.75. The quantitative estimate of drug-likeness (QED) is 0.756. The van der Waals surface area contributed by atoms with Crippen LogP contribution in [0.5, 0.6) is 0 Å². The monoisotopic (exact) mass is 249 g/mol. The molecule has 1 aliphatic heterocycles. The number of hydrogen-bond donors (Lipinski definition) is 2. The molecule has 1 aromatic heterocycles. The number of carbonyl (C=O) groups is 2. The van der Waals surface area contributed by atoms with Gasteiger partial charge in [0.1, 0.15) is 11.7 Å². The highest BCUT2D eigenvalue weighted by molar-refractivity contribution is 5.96. The predicted octanol–water partition coefficient (Wildman–Crippen LogP) is -0.275. The molecule has 0 radical (unpaired) electrons. The molecule has 2 rings (SSSR count). The predicted molar refractivity (Wildman–Crippen MR) is 65.2 cm³/mol. The van der Waals surface area contributed by atoms with E-state index in [1.807, 2.05) is 6.92 Å². The molecule has 96 valence electrons. The molecule has 1 fully saturated rings. The Hall–Kier alpha value is -2.11. The van der Waals surface area contributed by atoms with Crippen molar-refractivity contribution in [2.75, 3.05) is 13.1 Å². The number of nitrogens with one attached hydrogen (secondary N) is 2. The van der Waals surface area contributed by atoms with Crippen LogP contribution < -0.4 is 10.9 Å². The van der Waals surface area contributed by atoms with Crippen molar-refractivity contribution in [1.82, 2.24) is 15.2 Å². The van der Waals surface area contributed by atoms with Crippen LogP contribution in [0.3, 0.4) is 0 Å². The van der Waals surface area contributed by atoms with Crippen LogP contribution in [-0.2, 0) is 4.79 Å². The van der Waals surface area contributed by atoms with Crippen molar-refractivity contribution in [1.29, 1.82) is 0 Å². The lowest BCUT2D eigenvalue weighted by Crippen LogP contribution is -2.57. The van der Waals surface area contributed by atoms with Gasteiger partial charge in [-0.05, 0) is 12.5 Å². The van der Waals surface area contributed by atoms with Crippen LogP contribution in [0.4, 0.5) is 0 Å². The molecule has 0 bridgehead atoms. The van der Waals surface area contributed by atoms with E-state index in [1.54, 1.807) is 6.07 Å². The van der Waals surface area contributed by atoms with E-state index in [0.717, 1.165) is 0 Å². The molecule has 18 heavy (non-hydrogen) atoms. The third-order valence-electron chi connectivity index (χ3n) is 2.98. The molecule has 0 aliphatic carbocycles. The van der Waals surface area contributed by atoms with E-state index >= 15 is 0 Å². The van der Waals surface area contributed by atoms with E-state index in [1.165, 1.54) is 17.0 Å². The average molecular weight is 249 g/mol. The number of hydrogen-bond acceptors (Lipinski definition) is 3. The zero-order chi connectivity index (χ0) is 13.1. The number of pyridine rings is 1. The van der Waals surface area contributed by atoms with Crippen molar-refractivity contribution in [3.8, 4) is 0 Å². The Morgan fingerprint density at radius 2 is 2.22 bits per heavy atom. The highest BCUT2D eigenvalue weighted by Gasteiger charge is 2.32. The largest absolute Gasteiger partial charge is 0.353 e. The smallest absolute Gasteiger partial charge is 0.271 e. The standard InChI is InChI=1S/C12H15N3O3/c1-2-9-11(17)13-6-7-15(9)12(18)8-4-3-5-10(16)14-8/h3-5,9H,2,6-7H2,1H3,(H,13,17)(H,14,16). The van der Waals surface area contributed by atoms with E-state index in [0.29, 0.717) is 19.5 Å². The maximum absolute atomic E-state index is 12.2. The molecule has 2 heterocycles. The number of piperazine rings is 1. The zero-order valence-corrected chi connectivity index (χ0v) is 10.1. The highest BCUT2D eigenvalue weighted by atomic mass is 16.2. The topological polar surface area (TPSA) is 82.3 Å². The Bertz CT molecular complexity index is 523. The lowest BCUT2D eigenvalue weighted by molar-refractivity contribution is -0.127. The number of aromatic nitrogens is 1. The first-order chi connectivity index (χ1) is 8.63. The van der Waals surface area contributed by atoms with Gasteiger partial charge >= 0.3 is 0 Å². The Morgan fingerprint density at radius 3 is 2.89 bits per heavy atom. The van der Waals surface area contributed by atoms with Crippen LogP contribution in [-0.4, -0.2) is 40.8 Å². The van der Waals surface area contributed by atoms with Gasteiger partial charge in [0.25, 0.3) is 5.91 Å². The maximum Gasteiger partial charge on any atom is 0.271 e. The maximum atomic E-state index is 12.2. The first-order valence-electron chi connectivity index (χ1n) is 5.91. The van der Waals surface area contributed by atoms with E-state index in [-0.39, 0.29) is 23.1 Å². The van der Waals surface area contributed by atoms with E-state index < -0.39 is 6.04 Å². The molecule has 6 nitrogen and oxygen atoms in total. The lowest BCUT2D eigenvalue weighted by atomic mass is 10.1. The SMILES string of the molecule is CCC1C(=O)NCCN1C(=O)c1cccc(=O)[nH]1. The number of rotatable bonds is 2. The minimum Gasteiger partial charge on any atom is -0.353 e. The summed E-state index contributed by atoms with van der Waals surface area (Å²) in [7, 11) is 0. The average Bonchev–Trinajstić information content (AvgIpc) is 2.37.